The molecule has 1 atom stereocenters. The Kier molecular flexibility index (Phi) is 4.76. The Hall–Kier alpha value is -2.42. The van der Waals surface area contributed by atoms with Crippen LogP contribution < -0.4 is 0 Å². The molecule has 3 nitrogen and oxygen atoms in total. The minimum absolute atomic E-state index is 0.152. The van der Waals surface area contributed by atoms with Crippen LogP contribution in [0.4, 0.5) is 0 Å². The van der Waals surface area contributed by atoms with E-state index in [-0.39, 0.29) is 17.1 Å². The van der Waals surface area contributed by atoms with Gasteiger partial charge in [0.2, 0.25) is 0 Å². The molecule has 3 aromatic rings. The van der Waals surface area contributed by atoms with Gasteiger partial charge in [0, 0.05) is 12.3 Å². The summed E-state index contributed by atoms with van der Waals surface area (Å²) in [7, 11) is 0. The predicted octanol–water partition coefficient (Wildman–Crippen LogP) is 5.43. The lowest BCUT2D eigenvalue weighted by Crippen LogP contribution is -2.12. The Morgan fingerprint density at radius 3 is 2.52 bits per heavy atom. The number of fused-ring (bicyclic) bond motifs is 1. The van der Waals surface area contributed by atoms with Gasteiger partial charge in [-0.05, 0) is 34.6 Å². The molecular formula is C22H25NO2. The molecule has 0 fully saturated rings. The summed E-state index contributed by atoms with van der Waals surface area (Å²) in [4.78, 5) is 16.9. The summed E-state index contributed by atoms with van der Waals surface area (Å²) in [6, 6.07) is 14.4. The Labute approximate surface area is 149 Å². The number of nitrogens with zero attached hydrogens (tertiary/aromatic N) is 1. The number of Topliss-reactive ketones (excluding diaryl/α,β-unsaturated/α-hetero) is 1. The van der Waals surface area contributed by atoms with Crippen LogP contribution in [0.5, 0.6) is 0 Å². The van der Waals surface area contributed by atoms with Gasteiger partial charge in [-0.25, -0.2) is 4.98 Å². The molecule has 0 aliphatic heterocycles. The van der Waals surface area contributed by atoms with Crippen molar-refractivity contribution < 1.29 is 9.21 Å². The zero-order valence-electron chi connectivity index (χ0n) is 15.4. The first-order valence-electron chi connectivity index (χ1n) is 8.80. The van der Waals surface area contributed by atoms with Crippen molar-refractivity contribution >= 4 is 16.9 Å². The molecule has 0 N–H and O–H groups in total. The molecule has 0 spiro atoms. The molecule has 1 heterocycles. The van der Waals surface area contributed by atoms with Crippen molar-refractivity contribution in [3.63, 3.8) is 0 Å². The molecule has 1 aromatic heterocycles. The number of oxazole rings is 1. The number of rotatable bonds is 5. The lowest BCUT2D eigenvalue weighted by molar-refractivity contribution is -0.120. The van der Waals surface area contributed by atoms with Gasteiger partial charge in [-0.2, -0.15) is 0 Å². The van der Waals surface area contributed by atoms with Crippen molar-refractivity contribution in [2.24, 2.45) is 0 Å². The molecule has 0 saturated carbocycles. The normalized spacial score (nSPS) is 13.1. The Bertz CT molecular complexity index is 869. The topological polar surface area (TPSA) is 43.1 Å². The fourth-order valence-corrected chi connectivity index (χ4v) is 3.09. The Morgan fingerprint density at radius 1 is 1.12 bits per heavy atom. The Balaban J connectivity index is 1.67. The van der Waals surface area contributed by atoms with Gasteiger partial charge in [0.25, 0.3) is 0 Å². The summed E-state index contributed by atoms with van der Waals surface area (Å²) in [6.07, 6.45) is 2.73. The van der Waals surface area contributed by atoms with Crippen LogP contribution in [0.2, 0.25) is 0 Å². The van der Waals surface area contributed by atoms with Crippen molar-refractivity contribution in [3.05, 3.63) is 65.5 Å². The van der Waals surface area contributed by atoms with Gasteiger partial charge >= 0.3 is 0 Å². The highest BCUT2D eigenvalue weighted by Gasteiger charge is 2.19. The summed E-state index contributed by atoms with van der Waals surface area (Å²) >= 11 is 0. The maximum atomic E-state index is 12.7. The molecule has 130 valence electrons. The zero-order chi connectivity index (χ0) is 18.0. The summed E-state index contributed by atoms with van der Waals surface area (Å²) in [6.45, 7) is 8.57. The van der Waals surface area contributed by atoms with E-state index in [1.54, 1.807) is 0 Å². The number of aromatic nitrogens is 1. The number of para-hydroxylation sites is 1. The van der Waals surface area contributed by atoms with Gasteiger partial charge in [0.15, 0.2) is 12.0 Å². The maximum absolute atomic E-state index is 12.7. The van der Waals surface area contributed by atoms with E-state index in [4.69, 9.17) is 4.42 Å². The van der Waals surface area contributed by atoms with Gasteiger partial charge in [0.1, 0.15) is 11.3 Å². The molecule has 0 saturated heterocycles. The van der Waals surface area contributed by atoms with Crippen LogP contribution in [0.25, 0.3) is 11.1 Å². The van der Waals surface area contributed by atoms with Crippen molar-refractivity contribution in [1.82, 2.24) is 4.98 Å². The molecule has 2 aromatic carbocycles. The highest BCUT2D eigenvalue weighted by Crippen LogP contribution is 2.27. The van der Waals surface area contributed by atoms with E-state index in [2.05, 4.69) is 50.0 Å². The van der Waals surface area contributed by atoms with Crippen LogP contribution >= 0.6 is 0 Å². The maximum Gasteiger partial charge on any atom is 0.181 e. The number of benzene rings is 2. The Morgan fingerprint density at radius 2 is 1.84 bits per heavy atom. The third kappa shape index (κ3) is 3.81. The van der Waals surface area contributed by atoms with Gasteiger partial charge in [-0.1, -0.05) is 64.1 Å². The fraction of sp³-hybridized carbons (Fsp3) is 0.364. The minimum Gasteiger partial charge on any atom is -0.443 e. The second-order valence-corrected chi connectivity index (χ2v) is 7.68. The molecule has 0 aliphatic rings. The molecular weight excluding hydrogens is 310 g/mol. The first-order chi connectivity index (χ1) is 11.9. The van der Waals surface area contributed by atoms with Crippen LogP contribution in [0, 0.1) is 0 Å². The van der Waals surface area contributed by atoms with Crippen LogP contribution in [-0.4, -0.2) is 10.8 Å². The van der Waals surface area contributed by atoms with E-state index in [9.17, 15) is 4.79 Å². The van der Waals surface area contributed by atoms with Crippen molar-refractivity contribution in [2.45, 2.75) is 51.9 Å². The monoisotopic (exact) mass is 335 g/mol. The standard InChI is InChI=1S/C22H25NO2/c1-15(18-6-5-7-20-21(18)23-14-25-20)19(24)13-10-16-8-11-17(12-9-16)22(2,3)4/h5-9,11-12,14-15H,10,13H2,1-4H3. The summed E-state index contributed by atoms with van der Waals surface area (Å²) in [5.41, 5.74) is 5.13. The predicted molar refractivity (Wildman–Crippen MR) is 101 cm³/mol. The second-order valence-electron chi connectivity index (χ2n) is 7.68. The zero-order valence-corrected chi connectivity index (χ0v) is 15.4. The van der Waals surface area contributed by atoms with E-state index < -0.39 is 0 Å². The second kappa shape index (κ2) is 6.83. The first-order valence-corrected chi connectivity index (χ1v) is 8.80. The highest BCUT2D eigenvalue weighted by molar-refractivity contribution is 5.90. The van der Waals surface area contributed by atoms with Gasteiger partial charge in [0.05, 0.1) is 0 Å². The quantitative estimate of drug-likeness (QED) is 0.624. The van der Waals surface area contributed by atoms with Gasteiger partial charge in [-0.15, -0.1) is 0 Å². The molecule has 3 heteroatoms. The van der Waals surface area contributed by atoms with Crippen LogP contribution in [0.1, 0.15) is 56.7 Å². The number of aryl methyl sites for hydroxylation is 1. The summed E-state index contributed by atoms with van der Waals surface area (Å²) in [5, 5.41) is 0. The molecule has 0 amide bonds. The van der Waals surface area contributed by atoms with Crippen LogP contribution in [0.3, 0.4) is 0 Å². The number of hydrogen-bond acceptors (Lipinski definition) is 3. The number of hydrogen-bond donors (Lipinski definition) is 0. The molecule has 25 heavy (non-hydrogen) atoms. The lowest BCUT2D eigenvalue weighted by Gasteiger charge is -2.19. The van der Waals surface area contributed by atoms with Gasteiger partial charge in [-0.3, -0.25) is 4.79 Å². The number of ketones is 1. The SMILES string of the molecule is CC(C(=O)CCc1ccc(C(C)(C)C)cc1)c1cccc2ocnc12. The van der Waals surface area contributed by atoms with E-state index in [0.717, 1.165) is 23.1 Å². The average Bonchev–Trinajstić information content (AvgIpc) is 3.07. The van der Waals surface area contributed by atoms with Crippen molar-refractivity contribution in [1.29, 1.82) is 0 Å². The number of carbonyl (C=O) groups excluding carboxylic acids is 1. The highest BCUT2D eigenvalue weighted by atomic mass is 16.3. The molecule has 0 radical (unpaired) electrons. The molecule has 0 aliphatic carbocycles. The van der Waals surface area contributed by atoms with Gasteiger partial charge < -0.3 is 4.42 Å². The fourth-order valence-electron chi connectivity index (χ4n) is 3.09. The van der Waals surface area contributed by atoms with E-state index in [0.29, 0.717) is 6.42 Å². The first kappa shape index (κ1) is 17.4. The average molecular weight is 335 g/mol. The molecule has 0 bridgehead atoms. The minimum atomic E-state index is -0.178. The summed E-state index contributed by atoms with van der Waals surface area (Å²) in [5.74, 6) is 0.0537. The largest absolute Gasteiger partial charge is 0.443 e. The van der Waals surface area contributed by atoms with E-state index in [1.807, 2.05) is 25.1 Å². The third-order valence-electron chi connectivity index (χ3n) is 4.82. The van der Waals surface area contributed by atoms with E-state index >= 15 is 0 Å². The number of carbonyl (C=O) groups is 1. The lowest BCUT2D eigenvalue weighted by atomic mass is 9.86. The van der Waals surface area contributed by atoms with Crippen molar-refractivity contribution in [3.8, 4) is 0 Å². The molecule has 1 unspecified atom stereocenters. The third-order valence-corrected chi connectivity index (χ3v) is 4.82. The summed E-state index contributed by atoms with van der Waals surface area (Å²) < 4.78 is 5.33. The van der Waals surface area contributed by atoms with Crippen LogP contribution in [-0.2, 0) is 16.6 Å². The van der Waals surface area contributed by atoms with Crippen molar-refractivity contribution in [2.75, 3.05) is 0 Å². The molecule has 3 rings (SSSR count). The van der Waals surface area contributed by atoms with Crippen LogP contribution in [0.15, 0.2) is 53.3 Å². The smallest absolute Gasteiger partial charge is 0.181 e. The van der Waals surface area contributed by atoms with E-state index in [1.165, 1.54) is 17.5 Å².